The highest BCUT2D eigenvalue weighted by Crippen LogP contribution is 2.32. The molecule has 1 aliphatic heterocycles. The van der Waals surface area contributed by atoms with Crippen molar-refractivity contribution in [2.24, 2.45) is 5.92 Å². The fraction of sp³-hybridized carbons (Fsp3) is 0.450. The summed E-state index contributed by atoms with van der Waals surface area (Å²) in [4.78, 5) is 29.4. The van der Waals surface area contributed by atoms with Gasteiger partial charge in [-0.2, -0.15) is 0 Å². The van der Waals surface area contributed by atoms with Crippen LogP contribution in [0, 0.1) is 5.92 Å². The summed E-state index contributed by atoms with van der Waals surface area (Å²) < 4.78 is 4.79. The number of piperidine rings is 1. The van der Waals surface area contributed by atoms with Gasteiger partial charge in [-0.15, -0.1) is 11.3 Å². The lowest BCUT2D eigenvalue weighted by atomic mass is 9.93. The number of aromatic nitrogens is 1. The van der Waals surface area contributed by atoms with Crippen LogP contribution in [0.15, 0.2) is 30.3 Å². The largest absolute Gasteiger partial charge is 0.469 e. The van der Waals surface area contributed by atoms with Crippen molar-refractivity contribution in [3.63, 3.8) is 0 Å². The molecule has 27 heavy (non-hydrogen) atoms. The van der Waals surface area contributed by atoms with E-state index in [1.54, 1.807) is 0 Å². The molecule has 2 N–H and O–H groups in total. The SMILES string of the molecule is COC(=O)Cc1sc(NC(=O)CCC2CCNCC2)nc1-c1ccccc1. The van der Waals surface area contributed by atoms with E-state index < -0.39 is 0 Å². The first-order chi connectivity index (χ1) is 13.2. The molecule has 0 aliphatic carbocycles. The minimum atomic E-state index is -0.320. The van der Waals surface area contributed by atoms with Crippen LogP contribution in [-0.4, -0.2) is 37.1 Å². The van der Waals surface area contributed by atoms with Crippen molar-refractivity contribution in [3.8, 4) is 11.3 Å². The van der Waals surface area contributed by atoms with Crippen molar-refractivity contribution in [2.75, 3.05) is 25.5 Å². The monoisotopic (exact) mass is 387 g/mol. The zero-order valence-corrected chi connectivity index (χ0v) is 16.3. The average Bonchev–Trinajstić information content (AvgIpc) is 3.09. The Kier molecular flexibility index (Phi) is 6.95. The molecular weight excluding hydrogens is 362 g/mol. The lowest BCUT2D eigenvalue weighted by Gasteiger charge is -2.21. The number of rotatable bonds is 7. The molecule has 7 heteroatoms. The molecule has 0 saturated carbocycles. The molecule has 1 aromatic carbocycles. The molecule has 0 bridgehead atoms. The van der Waals surface area contributed by atoms with Gasteiger partial charge in [-0.1, -0.05) is 30.3 Å². The summed E-state index contributed by atoms with van der Waals surface area (Å²) >= 11 is 1.33. The van der Waals surface area contributed by atoms with Gasteiger partial charge in [-0.25, -0.2) is 4.98 Å². The second-order valence-electron chi connectivity index (χ2n) is 6.69. The van der Waals surface area contributed by atoms with Gasteiger partial charge in [0.25, 0.3) is 0 Å². The van der Waals surface area contributed by atoms with Crippen LogP contribution in [0.4, 0.5) is 5.13 Å². The van der Waals surface area contributed by atoms with Crippen molar-refractivity contribution in [2.45, 2.75) is 32.1 Å². The third-order valence-corrected chi connectivity index (χ3v) is 5.73. The fourth-order valence-electron chi connectivity index (χ4n) is 3.24. The molecule has 0 atom stereocenters. The predicted molar refractivity (Wildman–Crippen MR) is 107 cm³/mol. The molecule has 1 fully saturated rings. The third-order valence-electron chi connectivity index (χ3n) is 4.76. The smallest absolute Gasteiger partial charge is 0.310 e. The maximum Gasteiger partial charge on any atom is 0.310 e. The van der Waals surface area contributed by atoms with Gasteiger partial charge in [0.05, 0.1) is 19.2 Å². The molecule has 0 unspecified atom stereocenters. The number of amides is 1. The van der Waals surface area contributed by atoms with Gasteiger partial charge >= 0.3 is 5.97 Å². The number of esters is 1. The van der Waals surface area contributed by atoms with Crippen molar-refractivity contribution in [1.82, 2.24) is 10.3 Å². The van der Waals surface area contributed by atoms with Crippen LogP contribution in [0.5, 0.6) is 0 Å². The highest BCUT2D eigenvalue weighted by Gasteiger charge is 2.19. The standard InChI is InChI=1S/C20H25N3O3S/c1-26-18(25)13-16-19(15-5-3-2-4-6-15)23-20(27-16)22-17(24)8-7-14-9-11-21-12-10-14/h2-6,14,21H,7-13H2,1H3,(H,22,23,24). The maximum absolute atomic E-state index is 12.3. The first-order valence-corrected chi connectivity index (χ1v) is 10.1. The van der Waals surface area contributed by atoms with E-state index in [4.69, 9.17) is 4.74 Å². The summed E-state index contributed by atoms with van der Waals surface area (Å²) in [5.41, 5.74) is 1.64. The topological polar surface area (TPSA) is 80.3 Å². The van der Waals surface area contributed by atoms with E-state index in [2.05, 4.69) is 15.6 Å². The second kappa shape index (κ2) is 9.62. The van der Waals surface area contributed by atoms with Gasteiger partial charge < -0.3 is 15.4 Å². The van der Waals surface area contributed by atoms with Crippen molar-refractivity contribution in [1.29, 1.82) is 0 Å². The minimum absolute atomic E-state index is 0.0217. The number of ether oxygens (including phenoxy) is 1. The van der Waals surface area contributed by atoms with Crippen molar-refractivity contribution < 1.29 is 14.3 Å². The van der Waals surface area contributed by atoms with Crippen LogP contribution in [0.1, 0.15) is 30.6 Å². The Hall–Kier alpha value is -2.25. The molecule has 144 valence electrons. The summed E-state index contributed by atoms with van der Waals surface area (Å²) in [5.74, 6) is 0.272. The Morgan fingerprint density at radius 1 is 1.26 bits per heavy atom. The molecule has 1 amide bonds. The Balaban J connectivity index is 1.67. The van der Waals surface area contributed by atoms with Crippen LogP contribution in [0.2, 0.25) is 0 Å². The van der Waals surface area contributed by atoms with E-state index in [0.717, 1.165) is 48.5 Å². The molecule has 0 spiro atoms. The van der Waals surface area contributed by atoms with E-state index in [9.17, 15) is 9.59 Å². The molecule has 0 radical (unpaired) electrons. The van der Waals surface area contributed by atoms with E-state index in [0.29, 0.717) is 17.5 Å². The average molecular weight is 388 g/mol. The molecule has 3 rings (SSSR count). The number of nitrogens with one attached hydrogen (secondary N) is 2. The number of carbonyl (C=O) groups is 2. The van der Waals surface area contributed by atoms with Gasteiger partial charge in [-0.3, -0.25) is 9.59 Å². The molecule has 1 aliphatic rings. The number of carbonyl (C=O) groups excluding carboxylic acids is 2. The minimum Gasteiger partial charge on any atom is -0.469 e. The van der Waals surface area contributed by atoms with E-state index in [1.807, 2.05) is 30.3 Å². The highest BCUT2D eigenvalue weighted by atomic mass is 32.1. The van der Waals surface area contributed by atoms with E-state index in [1.165, 1.54) is 18.4 Å². The zero-order chi connectivity index (χ0) is 19.1. The Bertz CT molecular complexity index is 770. The van der Waals surface area contributed by atoms with Gasteiger partial charge in [0, 0.05) is 16.9 Å². The van der Waals surface area contributed by atoms with Crippen LogP contribution >= 0.6 is 11.3 Å². The van der Waals surface area contributed by atoms with Crippen molar-refractivity contribution >= 4 is 28.3 Å². The summed E-state index contributed by atoms with van der Waals surface area (Å²) in [6, 6.07) is 9.66. The molecule has 1 saturated heterocycles. The first kappa shape index (κ1) is 19.5. The summed E-state index contributed by atoms with van der Waals surface area (Å²) in [6.45, 7) is 2.08. The fourth-order valence-corrected chi connectivity index (χ4v) is 4.22. The lowest BCUT2D eigenvalue weighted by Crippen LogP contribution is -2.28. The Morgan fingerprint density at radius 2 is 2.00 bits per heavy atom. The molecular formula is C20H25N3O3S. The number of nitrogens with zero attached hydrogens (tertiary/aromatic N) is 1. The van der Waals surface area contributed by atoms with Gasteiger partial charge in [-0.05, 0) is 38.3 Å². The summed E-state index contributed by atoms with van der Waals surface area (Å²) in [6.07, 6.45) is 3.80. The lowest BCUT2D eigenvalue weighted by molar-refractivity contribution is -0.139. The number of methoxy groups -OCH3 is 1. The number of anilines is 1. The number of hydrogen-bond donors (Lipinski definition) is 2. The number of benzene rings is 1. The molecule has 1 aromatic heterocycles. The van der Waals surface area contributed by atoms with Crippen LogP contribution in [-0.2, 0) is 20.7 Å². The summed E-state index contributed by atoms with van der Waals surface area (Å²) in [7, 11) is 1.37. The highest BCUT2D eigenvalue weighted by molar-refractivity contribution is 7.16. The van der Waals surface area contributed by atoms with Gasteiger partial charge in [0.2, 0.25) is 5.91 Å². The van der Waals surface area contributed by atoms with Crippen LogP contribution in [0.3, 0.4) is 0 Å². The molecule has 2 heterocycles. The van der Waals surface area contributed by atoms with E-state index >= 15 is 0 Å². The van der Waals surface area contributed by atoms with Gasteiger partial charge in [0.15, 0.2) is 5.13 Å². The number of thiazole rings is 1. The Morgan fingerprint density at radius 3 is 2.70 bits per heavy atom. The maximum atomic E-state index is 12.3. The predicted octanol–water partition coefficient (Wildman–Crippen LogP) is 3.24. The summed E-state index contributed by atoms with van der Waals surface area (Å²) in [5, 5.41) is 6.78. The Labute approximate surface area is 163 Å². The van der Waals surface area contributed by atoms with Crippen LogP contribution < -0.4 is 10.6 Å². The molecule has 2 aromatic rings. The first-order valence-electron chi connectivity index (χ1n) is 9.28. The third kappa shape index (κ3) is 5.61. The zero-order valence-electron chi connectivity index (χ0n) is 15.5. The van der Waals surface area contributed by atoms with E-state index in [-0.39, 0.29) is 18.3 Å². The normalized spacial score (nSPS) is 14.7. The molecule has 6 nitrogen and oxygen atoms in total. The van der Waals surface area contributed by atoms with Crippen molar-refractivity contribution in [3.05, 3.63) is 35.2 Å². The second-order valence-corrected chi connectivity index (χ2v) is 7.77. The number of hydrogen-bond acceptors (Lipinski definition) is 6. The van der Waals surface area contributed by atoms with Gasteiger partial charge in [0.1, 0.15) is 0 Å². The quantitative estimate of drug-likeness (QED) is 0.713. The van der Waals surface area contributed by atoms with Crippen LogP contribution in [0.25, 0.3) is 11.3 Å².